The van der Waals surface area contributed by atoms with Gasteiger partial charge in [-0.15, -0.1) is 0 Å². The second kappa shape index (κ2) is 7.46. The Hall–Kier alpha value is -0.121. The summed E-state index contributed by atoms with van der Waals surface area (Å²) in [6.45, 7) is 0. The van der Waals surface area contributed by atoms with Crippen molar-refractivity contribution >= 4 is 20.2 Å². The standard InChI is InChI=1S/2CHF3O3S.Cu.H2O/c2*2-1(3,4)8(5,6)7;;/h2*(H,5,6,7);;1H2/q;;+2;/p-2. The molecule has 0 amide bonds. The fourth-order valence-electron chi connectivity index (χ4n) is 0. The molecule has 7 nitrogen and oxygen atoms in total. The molecule has 0 aromatic heterocycles. The van der Waals surface area contributed by atoms with Crippen LogP contribution in [-0.2, 0) is 37.3 Å². The van der Waals surface area contributed by atoms with Crippen LogP contribution in [0.4, 0.5) is 26.3 Å². The molecule has 0 aliphatic rings. The second-order valence-electron chi connectivity index (χ2n) is 1.80. The monoisotopic (exact) mass is 379 g/mol. The largest absolute Gasteiger partial charge is 2.00 e. The van der Waals surface area contributed by atoms with E-state index in [9.17, 15) is 26.3 Å². The zero-order valence-electron chi connectivity index (χ0n) is 7.34. The average Bonchev–Trinajstić information content (AvgIpc) is 1.77. The Bertz CT molecular complexity index is 376. The van der Waals surface area contributed by atoms with Crippen LogP contribution < -0.4 is 0 Å². The van der Waals surface area contributed by atoms with Gasteiger partial charge in [0.25, 0.3) is 0 Å². The molecule has 0 aromatic rings. The number of halogens is 6. The minimum Gasteiger partial charge on any atom is -0.741 e. The van der Waals surface area contributed by atoms with Gasteiger partial charge in [0.1, 0.15) is 0 Å². The van der Waals surface area contributed by atoms with E-state index in [1.807, 2.05) is 0 Å². The third-order valence-electron chi connectivity index (χ3n) is 0.567. The van der Waals surface area contributed by atoms with Crippen LogP contribution >= 0.6 is 0 Å². The number of alkyl halides is 6. The normalized spacial score (nSPS) is 12.4. The van der Waals surface area contributed by atoms with E-state index in [1.165, 1.54) is 0 Å². The van der Waals surface area contributed by atoms with Gasteiger partial charge in [0.15, 0.2) is 20.2 Å². The van der Waals surface area contributed by atoms with E-state index >= 15 is 0 Å². The van der Waals surface area contributed by atoms with Gasteiger partial charge >= 0.3 is 28.1 Å². The first-order valence-corrected chi connectivity index (χ1v) is 5.36. The van der Waals surface area contributed by atoms with Crippen LogP contribution in [0.1, 0.15) is 0 Å². The molecule has 0 spiro atoms. The van der Waals surface area contributed by atoms with Crippen molar-refractivity contribution in [2.75, 3.05) is 0 Å². The molecule has 18 heavy (non-hydrogen) atoms. The molecule has 0 rings (SSSR count). The number of hydrogen-bond donors (Lipinski definition) is 0. The first-order valence-electron chi connectivity index (χ1n) is 2.54. The minimum atomic E-state index is -6.09. The van der Waals surface area contributed by atoms with Crippen molar-refractivity contribution in [2.45, 2.75) is 11.0 Å². The Morgan fingerprint density at radius 2 is 0.722 bits per heavy atom. The van der Waals surface area contributed by atoms with Crippen molar-refractivity contribution < 1.29 is 74.8 Å². The van der Waals surface area contributed by atoms with Crippen LogP contribution in [0.5, 0.6) is 0 Å². The van der Waals surface area contributed by atoms with Crippen LogP contribution in [-0.4, -0.2) is 42.4 Å². The molecule has 117 valence electrons. The molecule has 1 radical (unpaired) electrons. The molecular formula is C2H2CuF6O7S2. The summed E-state index contributed by atoms with van der Waals surface area (Å²) in [7, 11) is -12.2. The van der Waals surface area contributed by atoms with Crippen molar-refractivity contribution in [3.05, 3.63) is 0 Å². The molecule has 0 saturated heterocycles. The summed E-state index contributed by atoms with van der Waals surface area (Å²) in [4.78, 5) is 0. The fourth-order valence-corrected chi connectivity index (χ4v) is 0. The molecule has 0 saturated carbocycles. The van der Waals surface area contributed by atoms with Crippen molar-refractivity contribution in [2.24, 2.45) is 0 Å². The molecular weight excluding hydrogens is 378 g/mol. The van der Waals surface area contributed by atoms with Gasteiger partial charge in [0.2, 0.25) is 0 Å². The summed E-state index contributed by atoms with van der Waals surface area (Å²) in [5.74, 6) is 0. The van der Waals surface area contributed by atoms with Crippen LogP contribution in [0.3, 0.4) is 0 Å². The molecule has 0 aliphatic carbocycles. The third kappa shape index (κ3) is 11.0. The molecule has 0 fully saturated rings. The zero-order valence-corrected chi connectivity index (χ0v) is 9.91. The first-order chi connectivity index (χ1) is 6.50. The molecule has 0 aliphatic heterocycles. The van der Waals surface area contributed by atoms with E-state index in [0.29, 0.717) is 0 Å². The van der Waals surface area contributed by atoms with E-state index in [0.717, 1.165) is 0 Å². The number of hydrogen-bond acceptors (Lipinski definition) is 6. The van der Waals surface area contributed by atoms with Gasteiger partial charge in [-0.05, 0) is 0 Å². The molecule has 0 atom stereocenters. The number of rotatable bonds is 0. The molecule has 2 N–H and O–H groups in total. The maximum Gasteiger partial charge on any atom is 2.00 e. The van der Waals surface area contributed by atoms with E-state index in [2.05, 4.69) is 0 Å². The van der Waals surface area contributed by atoms with E-state index in [1.54, 1.807) is 0 Å². The Labute approximate surface area is 106 Å². The summed E-state index contributed by atoms with van der Waals surface area (Å²) < 4.78 is 118. The summed E-state index contributed by atoms with van der Waals surface area (Å²) in [5, 5.41) is 0. The third-order valence-corrected chi connectivity index (χ3v) is 1.70. The predicted octanol–water partition coefficient (Wildman–Crippen LogP) is -0.724. The van der Waals surface area contributed by atoms with Crippen molar-refractivity contribution in [1.29, 1.82) is 0 Å². The minimum absolute atomic E-state index is 0. The van der Waals surface area contributed by atoms with Gasteiger partial charge in [-0.2, -0.15) is 26.3 Å². The smallest absolute Gasteiger partial charge is 0.741 e. The van der Waals surface area contributed by atoms with E-state index in [4.69, 9.17) is 25.9 Å². The van der Waals surface area contributed by atoms with E-state index < -0.39 is 31.3 Å². The van der Waals surface area contributed by atoms with Crippen molar-refractivity contribution in [3.8, 4) is 0 Å². The first kappa shape index (κ1) is 26.4. The van der Waals surface area contributed by atoms with Gasteiger partial charge < -0.3 is 14.6 Å². The zero-order chi connectivity index (χ0) is 14.0. The Kier molecular flexibility index (Phi) is 11.0. The van der Waals surface area contributed by atoms with Crippen LogP contribution in [0.25, 0.3) is 0 Å². The molecule has 0 unspecified atom stereocenters. The van der Waals surface area contributed by atoms with Crippen LogP contribution in [0, 0.1) is 0 Å². The fraction of sp³-hybridized carbons (Fsp3) is 1.00. The maximum atomic E-state index is 10.7. The van der Waals surface area contributed by atoms with Crippen molar-refractivity contribution in [3.63, 3.8) is 0 Å². The summed E-state index contributed by atoms with van der Waals surface area (Å²) in [6, 6.07) is 0. The maximum absolute atomic E-state index is 10.7. The topological polar surface area (TPSA) is 146 Å². The Morgan fingerprint density at radius 3 is 0.722 bits per heavy atom. The molecule has 16 heteroatoms. The van der Waals surface area contributed by atoms with Gasteiger partial charge in [0, 0.05) is 0 Å². The Balaban J connectivity index is -0.0000000980. The van der Waals surface area contributed by atoms with Gasteiger partial charge in [-0.3, -0.25) is 0 Å². The van der Waals surface area contributed by atoms with Crippen molar-refractivity contribution in [1.82, 2.24) is 0 Å². The molecule has 0 heterocycles. The second-order valence-corrected chi connectivity index (χ2v) is 4.54. The molecule has 0 aromatic carbocycles. The van der Waals surface area contributed by atoms with Gasteiger partial charge in [-0.25, -0.2) is 16.8 Å². The SMILES string of the molecule is O.O=S(=O)([O-])C(F)(F)F.O=S(=O)([O-])C(F)(F)F.[Cu+2]. The summed E-state index contributed by atoms with van der Waals surface area (Å²) in [6.07, 6.45) is 0. The Morgan fingerprint density at radius 1 is 0.667 bits per heavy atom. The summed E-state index contributed by atoms with van der Waals surface area (Å²) >= 11 is 0. The summed E-state index contributed by atoms with van der Waals surface area (Å²) in [5.41, 5.74) is -11.3. The molecule has 0 bridgehead atoms. The quantitative estimate of drug-likeness (QED) is 0.235. The van der Waals surface area contributed by atoms with Gasteiger partial charge in [-0.1, -0.05) is 0 Å². The van der Waals surface area contributed by atoms with Crippen LogP contribution in [0.15, 0.2) is 0 Å². The predicted molar refractivity (Wildman–Crippen MR) is 35.1 cm³/mol. The average molecular weight is 380 g/mol. The van der Waals surface area contributed by atoms with Crippen LogP contribution in [0.2, 0.25) is 0 Å². The van der Waals surface area contributed by atoms with E-state index in [-0.39, 0.29) is 22.5 Å². The van der Waals surface area contributed by atoms with Gasteiger partial charge in [0.05, 0.1) is 0 Å².